The highest BCUT2D eigenvalue weighted by molar-refractivity contribution is 5.99. The molecule has 0 unspecified atom stereocenters. The van der Waals surface area contributed by atoms with Gasteiger partial charge in [-0.2, -0.15) is 0 Å². The molecule has 0 radical (unpaired) electrons. The van der Waals surface area contributed by atoms with Gasteiger partial charge in [-0.05, 0) is 51.5 Å². The predicted molar refractivity (Wildman–Crippen MR) is 114 cm³/mol. The lowest BCUT2D eigenvalue weighted by Gasteiger charge is -2.28. The Kier molecular flexibility index (Phi) is 6.89. The van der Waals surface area contributed by atoms with Crippen LogP contribution in [0.3, 0.4) is 0 Å². The van der Waals surface area contributed by atoms with E-state index in [0.717, 1.165) is 5.57 Å². The fraction of sp³-hybridized carbons (Fsp3) is 0.429. The first-order valence-electron chi connectivity index (χ1n) is 9.56. The normalized spacial score (nSPS) is 17.3. The average Bonchev–Trinajstić information content (AvgIpc) is 2.66. The van der Waals surface area contributed by atoms with Crippen molar-refractivity contribution >= 4 is 23.1 Å². The third-order valence-electron chi connectivity index (χ3n) is 5.10. The minimum atomic E-state index is -0.781. The standard InChI is InChI=1S/C21H29FN4O3/c1-5-8-25(9-6-7-22)16-11-15(20(24)28)19(23)26(21(16)29)17-12(2)10-13(3)18(27)14(17)4/h5,8,11,13,27H,6-7,9-10,23H2,1-4H3,(H2,24,28)/b8-5+/t13-/m1/s1. The van der Waals surface area contributed by atoms with Crippen molar-refractivity contribution in [3.8, 4) is 0 Å². The van der Waals surface area contributed by atoms with Crippen molar-refractivity contribution in [2.45, 2.75) is 40.5 Å². The van der Waals surface area contributed by atoms with Crippen LogP contribution in [0.25, 0.3) is 5.70 Å². The van der Waals surface area contributed by atoms with Crippen LogP contribution >= 0.6 is 0 Å². The molecule has 1 atom stereocenters. The molecule has 0 bridgehead atoms. The van der Waals surface area contributed by atoms with Gasteiger partial charge in [0.25, 0.3) is 11.5 Å². The third-order valence-corrected chi connectivity index (χ3v) is 5.10. The SMILES string of the molecule is C/C=C/N(CCCF)c1cc(C(N)=O)c(N)n(C2=C(C)C[C@@H](C)C(O)=C2C)c1=O. The largest absolute Gasteiger partial charge is 0.512 e. The number of pyridine rings is 1. The van der Waals surface area contributed by atoms with E-state index in [1.54, 1.807) is 31.0 Å². The Morgan fingerprint density at radius 1 is 1.45 bits per heavy atom. The van der Waals surface area contributed by atoms with Gasteiger partial charge in [0.2, 0.25) is 0 Å². The van der Waals surface area contributed by atoms with Crippen molar-refractivity contribution in [3.05, 3.63) is 51.2 Å². The molecule has 1 aliphatic rings. The third kappa shape index (κ3) is 4.21. The molecule has 2 rings (SSSR count). The molecule has 1 aromatic heterocycles. The van der Waals surface area contributed by atoms with Crippen LogP contribution in [0.1, 0.15) is 50.9 Å². The molecule has 158 valence electrons. The molecule has 0 saturated heterocycles. The maximum absolute atomic E-state index is 13.4. The number of hydrogen-bond acceptors (Lipinski definition) is 5. The molecular formula is C21H29FN4O3. The molecule has 0 aliphatic heterocycles. The molecule has 0 spiro atoms. The molecule has 1 aliphatic carbocycles. The summed E-state index contributed by atoms with van der Waals surface area (Å²) in [4.78, 5) is 27.1. The average molecular weight is 404 g/mol. The van der Waals surface area contributed by atoms with E-state index in [-0.39, 0.29) is 41.7 Å². The van der Waals surface area contributed by atoms with Gasteiger partial charge in [0, 0.05) is 18.0 Å². The second-order valence-corrected chi connectivity index (χ2v) is 7.30. The Labute approximate surface area is 169 Å². The van der Waals surface area contributed by atoms with Gasteiger partial charge in [0.05, 0.1) is 17.9 Å². The summed E-state index contributed by atoms with van der Waals surface area (Å²) >= 11 is 0. The van der Waals surface area contributed by atoms with Gasteiger partial charge in [-0.3, -0.25) is 18.5 Å². The number of carbonyl (C=O) groups is 1. The zero-order chi connectivity index (χ0) is 21.9. The summed E-state index contributed by atoms with van der Waals surface area (Å²) in [6.07, 6.45) is 4.11. The van der Waals surface area contributed by atoms with Crippen molar-refractivity contribution in [1.29, 1.82) is 0 Å². The van der Waals surface area contributed by atoms with Crippen molar-refractivity contribution < 1.29 is 14.3 Å². The van der Waals surface area contributed by atoms with Crippen LogP contribution in [-0.4, -0.2) is 28.8 Å². The number of hydrogen-bond donors (Lipinski definition) is 3. The second kappa shape index (κ2) is 8.98. The first kappa shape index (κ1) is 22.3. The number of aliphatic hydroxyl groups is 1. The highest BCUT2D eigenvalue weighted by Gasteiger charge is 2.28. The number of allylic oxidation sites excluding steroid dienone is 5. The van der Waals surface area contributed by atoms with Crippen LogP contribution < -0.4 is 21.9 Å². The zero-order valence-corrected chi connectivity index (χ0v) is 17.3. The topological polar surface area (TPSA) is 115 Å². The molecule has 5 N–H and O–H groups in total. The van der Waals surface area contributed by atoms with Crippen molar-refractivity contribution in [2.24, 2.45) is 11.7 Å². The first-order valence-corrected chi connectivity index (χ1v) is 9.56. The summed E-state index contributed by atoms with van der Waals surface area (Å²) in [5.74, 6) is -0.783. The Bertz CT molecular complexity index is 959. The molecule has 1 aromatic rings. The molecule has 1 heterocycles. The molecule has 7 nitrogen and oxygen atoms in total. The number of rotatable bonds is 7. The number of primary amides is 1. The maximum atomic E-state index is 13.4. The minimum absolute atomic E-state index is 0.0134. The molecule has 0 aromatic carbocycles. The zero-order valence-electron chi connectivity index (χ0n) is 17.3. The number of carbonyl (C=O) groups excluding carboxylic acids is 1. The Hall–Kier alpha value is -3.03. The number of aliphatic hydroxyl groups excluding tert-OH is 1. The highest BCUT2D eigenvalue weighted by atomic mass is 19.1. The fourth-order valence-electron chi connectivity index (χ4n) is 3.75. The second-order valence-electron chi connectivity index (χ2n) is 7.30. The van der Waals surface area contributed by atoms with Crippen molar-refractivity contribution in [3.63, 3.8) is 0 Å². The number of nitrogens with two attached hydrogens (primary N) is 2. The number of halogens is 1. The van der Waals surface area contributed by atoms with E-state index in [1.165, 1.54) is 10.6 Å². The monoisotopic (exact) mass is 404 g/mol. The summed E-state index contributed by atoms with van der Waals surface area (Å²) in [6, 6.07) is 1.34. The van der Waals surface area contributed by atoms with E-state index in [2.05, 4.69) is 0 Å². The molecule has 8 heteroatoms. The van der Waals surface area contributed by atoms with Crippen LogP contribution in [0.4, 0.5) is 15.9 Å². The van der Waals surface area contributed by atoms with Gasteiger partial charge in [0.15, 0.2) is 0 Å². The predicted octanol–water partition coefficient (Wildman–Crippen LogP) is 3.33. The lowest BCUT2D eigenvalue weighted by Crippen LogP contribution is -2.34. The smallest absolute Gasteiger partial charge is 0.280 e. The maximum Gasteiger partial charge on any atom is 0.280 e. The van der Waals surface area contributed by atoms with Crippen molar-refractivity contribution in [2.75, 3.05) is 23.9 Å². The molecule has 0 saturated carbocycles. The summed E-state index contributed by atoms with van der Waals surface area (Å²) in [6.45, 7) is 6.93. The summed E-state index contributed by atoms with van der Waals surface area (Å²) in [5, 5.41) is 10.5. The number of nitrogens with zero attached hydrogens (tertiary/aromatic N) is 2. The van der Waals surface area contributed by atoms with Crippen molar-refractivity contribution in [1.82, 2.24) is 4.57 Å². The number of anilines is 2. The highest BCUT2D eigenvalue weighted by Crippen LogP contribution is 2.36. The van der Waals surface area contributed by atoms with Gasteiger partial charge in [-0.1, -0.05) is 13.0 Å². The Morgan fingerprint density at radius 3 is 2.66 bits per heavy atom. The van der Waals surface area contributed by atoms with Crippen LogP contribution in [0.5, 0.6) is 0 Å². The molecule has 0 fully saturated rings. The molecule has 29 heavy (non-hydrogen) atoms. The molecular weight excluding hydrogens is 375 g/mol. The van der Waals surface area contributed by atoms with Gasteiger partial charge < -0.3 is 21.5 Å². The summed E-state index contributed by atoms with van der Waals surface area (Å²) in [7, 11) is 0. The van der Waals surface area contributed by atoms with Gasteiger partial charge in [-0.25, -0.2) is 0 Å². The van der Waals surface area contributed by atoms with E-state index in [1.807, 2.05) is 13.8 Å². The first-order chi connectivity index (χ1) is 13.6. The van der Waals surface area contributed by atoms with Crippen LogP contribution in [0, 0.1) is 5.92 Å². The van der Waals surface area contributed by atoms with E-state index in [0.29, 0.717) is 17.7 Å². The van der Waals surface area contributed by atoms with Gasteiger partial charge in [0.1, 0.15) is 17.3 Å². The van der Waals surface area contributed by atoms with E-state index < -0.39 is 18.1 Å². The van der Waals surface area contributed by atoms with E-state index in [9.17, 15) is 19.1 Å². The van der Waals surface area contributed by atoms with E-state index >= 15 is 0 Å². The summed E-state index contributed by atoms with van der Waals surface area (Å²) in [5.41, 5.74) is 13.2. The minimum Gasteiger partial charge on any atom is -0.512 e. The Balaban J connectivity index is 2.86. The number of alkyl halides is 1. The van der Waals surface area contributed by atoms with Crippen LogP contribution in [0.2, 0.25) is 0 Å². The van der Waals surface area contributed by atoms with Gasteiger partial charge in [-0.15, -0.1) is 0 Å². The quantitative estimate of drug-likeness (QED) is 0.645. The Morgan fingerprint density at radius 2 is 2.10 bits per heavy atom. The van der Waals surface area contributed by atoms with Gasteiger partial charge >= 0.3 is 0 Å². The lowest BCUT2D eigenvalue weighted by atomic mass is 9.88. The van der Waals surface area contributed by atoms with Crippen LogP contribution in [-0.2, 0) is 0 Å². The molecule has 1 amide bonds. The fourth-order valence-corrected chi connectivity index (χ4v) is 3.75. The lowest BCUT2D eigenvalue weighted by molar-refractivity contribution is 0.100. The van der Waals surface area contributed by atoms with Crippen LogP contribution in [0.15, 0.2) is 40.0 Å². The number of amides is 1. The number of nitrogen functional groups attached to an aromatic ring is 1. The number of aromatic nitrogens is 1. The summed E-state index contributed by atoms with van der Waals surface area (Å²) < 4.78 is 14.0. The van der Waals surface area contributed by atoms with E-state index in [4.69, 9.17) is 11.5 Å².